The molecule has 0 aliphatic heterocycles. The molecule has 0 aromatic heterocycles. The van der Waals surface area contributed by atoms with Crippen molar-refractivity contribution in [3.05, 3.63) is 0 Å². The molecule has 0 rings (SSSR count). The molecule has 22 heavy (non-hydrogen) atoms. The molecule has 0 amide bonds. The summed E-state index contributed by atoms with van der Waals surface area (Å²) in [4.78, 5) is 11.6. The van der Waals surface area contributed by atoms with Crippen molar-refractivity contribution < 1.29 is 9.53 Å². The molecule has 0 unspecified atom stereocenters. The van der Waals surface area contributed by atoms with Crippen LogP contribution in [-0.4, -0.2) is 30.6 Å². The van der Waals surface area contributed by atoms with Crippen molar-refractivity contribution in [3.63, 3.8) is 0 Å². The molecule has 0 spiro atoms. The van der Waals surface area contributed by atoms with Gasteiger partial charge in [0.25, 0.3) is 0 Å². The third kappa shape index (κ3) is 16.4. The summed E-state index contributed by atoms with van der Waals surface area (Å²) in [7, 11) is 0. The first-order chi connectivity index (χ1) is 10.2. The van der Waals surface area contributed by atoms with Gasteiger partial charge < -0.3 is 10.5 Å². The predicted octanol–water partition coefficient (Wildman–Crippen LogP) is 4.95. The number of hydrogen-bond acceptors (Lipinski definition) is 4. The fraction of sp³-hybridized carbons (Fsp3) is 0.941. The highest BCUT2D eigenvalue weighted by molar-refractivity contribution is 7.98. The molecule has 0 bridgehead atoms. The molecule has 0 aliphatic carbocycles. The molecule has 2 N–H and O–H groups in total. The maximum atomic E-state index is 11.6. The summed E-state index contributed by atoms with van der Waals surface area (Å²) >= 11 is 1.71. The first-order valence-electron chi connectivity index (χ1n) is 8.63. The maximum absolute atomic E-state index is 11.6. The second-order valence-corrected chi connectivity index (χ2v) is 6.72. The lowest BCUT2D eigenvalue weighted by atomic mass is 10.1. The van der Waals surface area contributed by atoms with Gasteiger partial charge in [0, 0.05) is 0 Å². The Bertz CT molecular complexity index is 243. The topological polar surface area (TPSA) is 52.3 Å². The van der Waals surface area contributed by atoms with E-state index >= 15 is 0 Å². The fourth-order valence-corrected chi connectivity index (χ4v) is 2.72. The number of carbonyl (C=O) groups is 1. The Morgan fingerprint density at radius 2 is 1.50 bits per heavy atom. The van der Waals surface area contributed by atoms with E-state index in [-0.39, 0.29) is 18.4 Å². The van der Waals surface area contributed by atoms with Gasteiger partial charge in [-0.15, -0.1) is 12.4 Å². The van der Waals surface area contributed by atoms with Crippen LogP contribution in [0.25, 0.3) is 0 Å². The zero-order chi connectivity index (χ0) is 15.8. The maximum Gasteiger partial charge on any atom is 0.322 e. The largest absolute Gasteiger partial charge is 0.465 e. The quantitative estimate of drug-likeness (QED) is 0.334. The van der Waals surface area contributed by atoms with Gasteiger partial charge in [0.05, 0.1) is 6.61 Å². The smallest absolute Gasteiger partial charge is 0.322 e. The summed E-state index contributed by atoms with van der Waals surface area (Å²) in [6, 6.07) is -0.444. The number of halogens is 1. The number of esters is 1. The van der Waals surface area contributed by atoms with Crippen molar-refractivity contribution >= 4 is 30.1 Å². The monoisotopic (exact) mass is 353 g/mol. The van der Waals surface area contributed by atoms with Gasteiger partial charge in [-0.2, -0.15) is 11.8 Å². The highest BCUT2D eigenvalue weighted by Gasteiger charge is 2.13. The highest BCUT2D eigenvalue weighted by atomic mass is 35.5. The predicted molar refractivity (Wildman–Crippen MR) is 101 cm³/mol. The molecule has 0 aromatic rings. The molecule has 0 aromatic carbocycles. The van der Waals surface area contributed by atoms with E-state index in [0.717, 1.165) is 18.6 Å². The second-order valence-electron chi connectivity index (χ2n) is 5.74. The summed E-state index contributed by atoms with van der Waals surface area (Å²) < 4.78 is 5.20. The van der Waals surface area contributed by atoms with Gasteiger partial charge in [0.2, 0.25) is 0 Å². The van der Waals surface area contributed by atoms with Crippen LogP contribution in [0.15, 0.2) is 0 Å². The molecule has 0 radical (unpaired) electrons. The van der Waals surface area contributed by atoms with Crippen LogP contribution in [0.3, 0.4) is 0 Å². The molecule has 0 fully saturated rings. The van der Waals surface area contributed by atoms with E-state index in [9.17, 15) is 4.79 Å². The zero-order valence-electron chi connectivity index (χ0n) is 14.5. The van der Waals surface area contributed by atoms with Crippen LogP contribution in [0.1, 0.15) is 77.6 Å². The minimum absolute atomic E-state index is 0. The standard InChI is InChI=1S/C17H35NO2S.ClH/c1-3-4-5-6-7-8-9-10-11-12-14-20-17(19)16(18)13-15-21-2;/h16H,3-15,18H2,1-2H3;1H/t16-;/m1./s1. The van der Waals surface area contributed by atoms with E-state index < -0.39 is 6.04 Å². The number of carbonyl (C=O) groups excluding carboxylic acids is 1. The van der Waals surface area contributed by atoms with Gasteiger partial charge in [-0.05, 0) is 24.9 Å². The van der Waals surface area contributed by atoms with Crippen LogP contribution in [0, 0.1) is 0 Å². The Morgan fingerprint density at radius 1 is 1.00 bits per heavy atom. The molecule has 0 saturated heterocycles. The Balaban J connectivity index is 0. The number of nitrogens with two attached hydrogens (primary N) is 1. The van der Waals surface area contributed by atoms with Crippen molar-refractivity contribution in [2.75, 3.05) is 18.6 Å². The lowest BCUT2D eigenvalue weighted by Crippen LogP contribution is -2.33. The van der Waals surface area contributed by atoms with E-state index in [4.69, 9.17) is 10.5 Å². The first kappa shape index (κ1) is 24.3. The lowest BCUT2D eigenvalue weighted by molar-refractivity contribution is -0.145. The van der Waals surface area contributed by atoms with Gasteiger partial charge in [-0.25, -0.2) is 0 Å². The van der Waals surface area contributed by atoms with Crippen LogP contribution in [0.5, 0.6) is 0 Å². The fourth-order valence-electron chi connectivity index (χ4n) is 2.23. The number of hydrogen-bond donors (Lipinski definition) is 1. The van der Waals surface area contributed by atoms with E-state index in [0.29, 0.717) is 13.0 Å². The Morgan fingerprint density at radius 3 is 2.00 bits per heavy atom. The summed E-state index contributed by atoms with van der Waals surface area (Å²) in [5.41, 5.74) is 5.75. The Labute approximate surface area is 147 Å². The first-order valence-corrected chi connectivity index (χ1v) is 10.0. The van der Waals surface area contributed by atoms with Gasteiger partial charge in [-0.1, -0.05) is 64.7 Å². The van der Waals surface area contributed by atoms with Crippen molar-refractivity contribution in [2.24, 2.45) is 5.73 Å². The van der Waals surface area contributed by atoms with Crippen LogP contribution >= 0.6 is 24.2 Å². The van der Waals surface area contributed by atoms with E-state index in [2.05, 4.69) is 6.92 Å². The van der Waals surface area contributed by atoms with Gasteiger partial charge in [0.15, 0.2) is 0 Å². The molecule has 0 aliphatic rings. The normalized spacial score (nSPS) is 11.8. The summed E-state index contributed by atoms with van der Waals surface area (Å²) in [6.45, 7) is 2.78. The number of thioether (sulfide) groups is 1. The third-order valence-corrected chi connectivity index (χ3v) is 4.32. The molecule has 1 atom stereocenters. The SMILES string of the molecule is CCCCCCCCCCCCOC(=O)[C@H](N)CCSC.Cl. The molecule has 0 heterocycles. The van der Waals surface area contributed by atoms with Crippen molar-refractivity contribution in [2.45, 2.75) is 83.6 Å². The average Bonchev–Trinajstić information content (AvgIpc) is 2.49. The highest BCUT2D eigenvalue weighted by Crippen LogP contribution is 2.10. The van der Waals surface area contributed by atoms with Gasteiger partial charge in [-0.3, -0.25) is 4.79 Å². The minimum atomic E-state index is -0.444. The Kier molecular flexibility index (Phi) is 21.1. The number of ether oxygens (including phenoxy) is 1. The number of rotatable bonds is 15. The summed E-state index contributed by atoms with van der Waals surface area (Å²) in [6.07, 6.45) is 15.6. The molecule has 3 nitrogen and oxygen atoms in total. The van der Waals surface area contributed by atoms with Gasteiger partial charge >= 0.3 is 5.97 Å². The van der Waals surface area contributed by atoms with Crippen LogP contribution in [-0.2, 0) is 9.53 Å². The summed E-state index contributed by atoms with van der Waals surface area (Å²) in [5, 5.41) is 0. The van der Waals surface area contributed by atoms with E-state index in [1.165, 1.54) is 51.4 Å². The minimum Gasteiger partial charge on any atom is -0.465 e. The third-order valence-electron chi connectivity index (χ3n) is 3.68. The zero-order valence-corrected chi connectivity index (χ0v) is 16.1. The Hall–Kier alpha value is 0.0700. The van der Waals surface area contributed by atoms with Crippen LogP contribution in [0.2, 0.25) is 0 Å². The van der Waals surface area contributed by atoms with E-state index in [1.54, 1.807) is 11.8 Å². The van der Waals surface area contributed by atoms with Crippen molar-refractivity contribution in [1.82, 2.24) is 0 Å². The van der Waals surface area contributed by atoms with Crippen molar-refractivity contribution in [1.29, 1.82) is 0 Å². The molecule has 5 heteroatoms. The molecular formula is C17H36ClNO2S. The number of unbranched alkanes of at least 4 members (excludes halogenated alkanes) is 9. The van der Waals surface area contributed by atoms with Crippen LogP contribution < -0.4 is 5.73 Å². The lowest BCUT2D eigenvalue weighted by Gasteiger charge is -2.10. The second kappa shape index (κ2) is 19.1. The average molecular weight is 354 g/mol. The molecule has 134 valence electrons. The summed E-state index contributed by atoms with van der Waals surface area (Å²) in [5.74, 6) is 0.675. The molecule has 0 saturated carbocycles. The van der Waals surface area contributed by atoms with Crippen molar-refractivity contribution in [3.8, 4) is 0 Å². The van der Waals surface area contributed by atoms with E-state index in [1.807, 2.05) is 6.26 Å². The van der Waals surface area contributed by atoms with Gasteiger partial charge in [0.1, 0.15) is 6.04 Å². The molecular weight excluding hydrogens is 318 g/mol. The van der Waals surface area contributed by atoms with Crippen LogP contribution in [0.4, 0.5) is 0 Å².